The van der Waals surface area contributed by atoms with E-state index in [9.17, 15) is 9.90 Å². The van der Waals surface area contributed by atoms with E-state index >= 15 is 0 Å². The molecule has 2 rings (SSSR count). The minimum absolute atomic E-state index is 0.0313. The predicted octanol–water partition coefficient (Wildman–Crippen LogP) is 2.06. The van der Waals surface area contributed by atoms with Crippen LogP contribution in [0.1, 0.15) is 12.0 Å². The Labute approximate surface area is 135 Å². The number of amides is 1. The van der Waals surface area contributed by atoms with E-state index in [2.05, 4.69) is 0 Å². The second-order valence-electron chi connectivity index (χ2n) is 5.73. The average molecular weight is 331 g/mol. The second kappa shape index (κ2) is 6.97. The van der Waals surface area contributed by atoms with Gasteiger partial charge in [0, 0.05) is 29.2 Å². The summed E-state index contributed by atoms with van der Waals surface area (Å²) in [5.41, 5.74) is 0.649. The highest BCUT2D eigenvalue weighted by atomic mass is 35.5. The number of carbonyl (C=O) groups is 1. The zero-order chi connectivity index (χ0) is 15.6. The molecule has 4 nitrogen and oxygen atoms in total. The summed E-state index contributed by atoms with van der Waals surface area (Å²) in [6, 6.07) is 5.25. The molecule has 1 aromatic carbocycles. The number of nitrogens with zero attached hydrogens (tertiary/aromatic N) is 2. The molecule has 0 radical (unpaired) electrons. The number of halogens is 2. The van der Waals surface area contributed by atoms with E-state index in [1.807, 2.05) is 19.0 Å². The number of benzene rings is 1. The highest BCUT2D eigenvalue weighted by Gasteiger charge is 2.34. The van der Waals surface area contributed by atoms with Crippen molar-refractivity contribution in [2.45, 2.75) is 25.0 Å². The van der Waals surface area contributed by atoms with Gasteiger partial charge in [0.1, 0.15) is 0 Å². The lowest BCUT2D eigenvalue weighted by molar-refractivity contribution is -0.131. The number of aliphatic hydroxyl groups excluding tert-OH is 1. The van der Waals surface area contributed by atoms with E-state index in [-0.39, 0.29) is 18.4 Å². The summed E-state index contributed by atoms with van der Waals surface area (Å²) in [5.74, 6) is -0.0478. The number of likely N-dealkylation sites (N-methyl/N-ethyl adjacent to an activating group) is 1. The van der Waals surface area contributed by atoms with Crippen molar-refractivity contribution in [1.82, 2.24) is 9.80 Å². The summed E-state index contributed by atoms with van der Waals surface area (Å²) in [6.07, 6.45) is 0.315. The molecule has 0 bridgehead atoms. The van der Waals surface area contributed by atoms with E-state index in [0.29, 0.717) is 28.6 Å². The van der Waals surface area contributed by atoms with E-state index in [4.69, 9.17) is 23.2 Å². The minimum atomic E-state index is -0.458. The Balaban J connectivity index is 2.11. The van der Waals surface area contributed by atoms with Gasteiger partial charge in [-0.25, -0.2) is 0 Å². The SMILES string of the molecule is CN(C)CC1CC(O)CN1C(=O)Cc1c(Cl)cccc1Cl. The van der Waals surface area contributed by atoms with Gasteiger partial charge in [0.05, 0.1) is 12.5 Å². The molecule has 1 N–H and O–H groups in total. The van der Waals surface area contributed by atoms with Crippen molar-refractivity contribution in [3.63, 3.8) is 0 Å². The summed E-state index contributed by atoms with van der Waals surface area (Å²) < 4.78 is 0. The van der Waals surface area contributed by atoms with Gasteiger partial charge in [0.25, 0.3) is 0 Å². The first-order valence-corrected chi connectivity index (χ1v) is 7.69. The number of hydrogen-bond donors (Lipinski definition) is 1. The van der Waals surface area contributed by atoms with Crippen molar-refractivity contribution in [3.8, 4) is 0 Å². The van der Waals surface area contributed by atoms with Gasteiger partial charge in [-0.2, -0.15) is 0 Å². The fourth-order valence-electron chi connectivity index (χ4n) is 2.75. The lowest BCUT2D eigenvalue weighted by Gasteiger charge is -2.27. The standard InChI is InChI=1S/C15H20Cl2N2O2/c1-18(2)8-10-6-11(20)9-19(10)15(21)7-12-13(16)4-3-5-14(12)17/h3-5,10-11,20H,6-9H2,1-2H3. The van der Waals surface area contributed by atoms with Gasteiger partial charge in [-0.1, -0.05) is 29.3 Å². The van der Waals surface area contributed by atoms with Crippen LogP contribution in [0.15, 0.2) is 18.2 Å². The Morgan fingerprint density at radius 2 is 2.00 bits per heavy atom. The van der Waals surface area contributed by atoms with Crippen LogP contribution < -0.4 is 0 Å². The molecule has 1 saturated heterocycles. The smallest absolute Gasteiger partial charge is 0.227 e. The molecule has 0 saturated carbocycles. The fourth-order valence-corrected chi connectivity index (χ4v) is 3.28. The molecular weight excluding hydrogens is 311 g/mol. The largest absolute Gasteiger partial charge is 0.391 e. The maximum absolute atomic E-state index is 12.5. The topological polar surface area (TPSA) is 43.8 Å². The molecule has 6 heteroatoms. The molecule has 1 fully saturated rings. The Morgan fingerprint density at radius 1 is 1.38 bits per heavy atom. The van der Waals surface area contributed by atoms with Gasteiger partial charge < -0.3 is 14.9 Å². The van der Waals surface area contributed by atoms with Crippen LogP contribution in [0.3, 0.4) is 0 Å². The van der Waals surface area contributed by atoms with Gasteiger partial charge in [0.2, 0.25) is 5.91 Å². The van der Waals surface area contributed by atoms with Crippen molar-refractivity contribution in [3.05, 3.63) is 33.8 Å². The first-order valence-electron chi connectivity index (χ1n) is 6.93. The van der Waals surface area contributed by atoms with Crippen molar-refractivity contribution in [2.24, 2.45) is 0 Å². The Kier molecular flexibility index (Phi) is 5.49. The van der Waals surface area contributed by atoms with E-state index in [1.54, 1.807) is 23.1 Å². The number of carbonyl (C=O) groups excluding carboxylic acids is 1. The molecule has 21 heavy (non-hydrogen) atoms. The van der Waals surface area contributed by atoms with Crippen LogP contribution in [0.25, 0.3) is 0 Å². The number of hydrogen-bond acceptors (Lipinski definition) is 3. The maximum atomic E-state index is 12.5. The number of rotatable bonds is 4. The van der Waals surface area contributed by atoms with Gasteiger partial charge >= 0.3 is 0 Å². The zero-order valence-electron chi connectivity index (χ0n) is 12.2. The Bertz CT molecular complexity index is 502. The van der Waals surface area contributed by atoms with Crippen molar-refractivity contribution in [2.75, 3.05) is 27.2 Å². The minimum Gasteiger partial charge on any atom is -0.391 e. The summed E-state index contributed by atoms with van der Waals surface area (Å²) in [6.45, 7) is 1.11. The molecular formula is C15H20Cl2N2O2. The van der Waals surface area contributed by atoms with Gasteiger partial charge in [-0.15, -0.1) is 0 Å². The van der Waals surface area contributed by atoms with Crippen molar-refractivity contribution >= 4 is 29.1 Å². The number of aliphatic hydroxyl groups is 1. The third-order valence-corrected chi connectivity index (χ3v) is 4.39. The first kappa shape index (κ1) is 16.6. The molecule has 0 aromatic heterocycles. The summed E-state index contributed by atoms with van der Waals surface area (Å²) >= 11 is 12.2. The van der Waals surface area contributed by atoms with E-state index in [0.717, 1.165) is 6.54 Å². The quantitative estimate of drug-likeness (QED) is 0.918. The molecule has 1 heterocycles. The molecule has 0 spiro atoms. The lowest BCUT2D eigenvalue weighted by atomic mass is 10.1. The molecule has 1 aromatic rings. The first-order chi connectivity index (χ1) is 9.88. The molecule has 2 unspecified atom stereocenters. The third-order valence-electron chi connectivity index (χ3n) is 3.68. The van der Waals surface area contributed by atoms with Crippen LogP contribution in [-0.2, 0) is 11.2 Å². The van der Waals surface area contributed by atoms with Gasteiger partial charge in [0.15, 0.2) is 0 Å². The fraction of sp³-hybridized carbons (Fsp3) is 0.533. The molecule has 0 aliphatic carbocycles. The monoisotopic (exact) mass is 330 g/mol. The van der Waals surface area contributed by atoms with Crippen LogP contribution in [0.4, 0.5) is 0 Å². The highest BCUT2D eigenvalue weighted by Crippen LogP contribution is 2.27. The van der Waals surface area contributed by atoms with Gasteiger partial charge in [-0.05, 0) is 38.2 Å². The van der Waals surface area contributed by atoms with Crippen LogP contribution in [0, 0.1) is 0 Å². The average Bonchev–Trinajstić information content (AvgIpc) is 2.74. The molecule has 1 aliphatic rings. The van der Waals surface area contributed by atoms with Crippen LogP contribution in [0.5, 0.6) is 0 Å². The van der Waals surface area contributed by atoms with E-state index < -0.39 is 6.10 Å². The summed E-state index contributed by atoms with van der Waals surface area (Å²) in [4.78, 5) is 16.3. The number of likely N-dealkylation sites (tertiary alicyclic amines) is 1. The van der Waals surface area contributed by atoms with Crippen molar-refractivity contribution in [1.29, 1.82) is 0 Å². The Morgan fingerprint density at radius 3 is 2.57 bits per heavy atom. The predicted molar refractivity (Wildman–Crippen MR) is 84.8 cm³/mol. The normalized spacial score (nSPS) is 22.1. The Hall–Kier alpha value is -0.810. The van der Waals surface area contributed by atoms with Crippen LogP contribution in [-0.4, -0.2) is 60.1 Å². The zero-order valence-corrected chi connectivity index (χ0v) is 13.7. The molecule has 2 atom stereocenters. The van der Waals surface area contributed by atoms with Crippen LogP contribution >= 0.6 is 23.2 Å². The van der Waals surface area contributed by atoms with Gasteiger partial charge in [-0.3, -0.25) is 4.79 Å². The molecule has 1 amide bonds. The van der Waals surface area contributed by atoms with E-state index in [1.165, 1.54) is 0 Å². The number of β-amino-alcohol motifs (C(OH)–C–C–N with tert-alkyl or cyclic N) is 1. The maximum Gasteiger partial charge on any atom is 0.227 e. The summed E-state index contributed by atoms with van der Waals surface area (Å²) in [7, 11) is 3.91. The third kappa shape index (κ3) is 4.10. The molecule has 116 valence electrons. The lowest BCUT2D eigenvalue weighted by Crippen LogP contribution is -2.42. The summed E-state index contributed by atoms with van der Waals surface area (Å²) in [5, 5.41) is 10.8. The second-order valence-corrected chi connectivity index (χ2v) is 6.54. The van der Waals surface area contributed by atoms with Crippen molar-refractivity contribution < 1.29 is 9.90 Å². The highest BCUT2D eigenvalue weighted by molar-refractivity contribution is 6.36. The molecule has 1 aliphatic heterocycles. The van der Waals surface area contributed by atoms with Crippen LogP contribution in [0.2, 0.25) is 10.0 Å².